The average molecular weight is 235 g/mol. The summed E-state index contributed by atoms with van der Waals surface area (Å²) >= 11 is 0. The number of rotatable bonds is 3. The van der Waals surface area contributed by atoms with Crippen molar-refractivity contribution in [2.24, 2.45) is 0 Å². The van der Waals surface area contributed by atoms with Gasteiger partial charge in [0.05, 0.1) is 17.8 Å². The summed E-state index contributed by atoms with van der Waals surface area (Å²) in [5.74, 6) is 0. The molecule has 5 heteroatoms. The van der Waals surface area contributed by atoms with Crippen molar-refractivity contribution in [1.82, 2.24) is 4.98 Å². The van der Waals surface area contributed by atoms with E-state index in [1.807, 2.05) is 39.8 Å². The monoisotopic (exact) mass is 235 g/mol. The maximum absolute atomic E-state index is 5.73. The minimum atomic E-state index is -0.604. The van der Waals surface area contributed by atoms with Crippen molar-refractivity contribution >= 4 is 7.32 Å². The summed E-state index contributed by atoms with van der Waals surface area (Å²) in [6.45, 7) is 8.47. The Bertz CT molecular complexity index is 365. The summed E-state index contributed by atoms with van der Waals surface area (Å²) < 4.78 is 17.0. The summed E-state index contributed by atoms with van der Waals surface area (Å²) in [6.07, 6.45) is 3.48. The van der Waals surface area contributed by atoms with Gasteiger partial charge in [-0.25, -0.2) is 0 Å². The zero-order chi connectivity index (χ0) is 12.5. The van der Waals surface area contributed by atoms with Crippen LogP contribution in [-0.2, 0) is 20.6 Å². The SMILES string of the molecule is CC1(C)OB(OCc2ccncc2)OC1(C)C. The van der Waals surface area contributed by atoms with Crippen LogP contribution < -0.4 is 0 Å². The molecule has 1 aromatic heterocycles. The van der Waals surface area contributed by atoms with Gasteiger partial charge in [0.25, 0.3) is 0 Å². The molecular weight excluding hydrogens is 217 g/mol. The van der Waals surface area contributed by atoms with Crippen molar-refractivity contribution in [2.45, 2.75) is 45.5 Å². The average Bonchev–Trinajstić information content (AvgIpc) is 2.46. The number of aromatic nitrogens is 1. The van der Waals surface area contributed by atoms with Gasteiger partial charge in [0.1, 0.15) is 0 Å². The molecule has 2 rings (SSSR count). The normalized spacial score (nSPS) is 21.8. The van der Waals surface area contributed by atoms with Crippen LogP contribution in [0.1, 0.15) is 33.3 Å². The third-order valence-corrected chi connectivity index (χ3v) is 3.37. The molecule has 4 nitrogen and oxygen atoms in total. The van der Waals surface area contributed by atoms with E-state index in [1.165, 1.54) is 0 Å². The van der Waals surface area contributed by atoms with E-state index in [0.717, 1.165) is 5.56 Å². The molecule has 92 valence electrons. The van der Waals surface area contributed by atoms with E-state index in [2.05, 4.69) is 4.98 Å². The molecule has 0 spiro atoms. The molecule has 0 bridgehead atoms. The Kier molecular flexibility index (Phi) is 3.25. The van der Waals surface area contributed by atoms with Crippen LogP contribution in [0.4, 0.5) is 0 Å². The Hall–Kier alpha value is -0.905. The van der Waals surface area contributed by atoms with Crippen LogP contribution in [0, 0.1) is 0 Å². The third kappa shape index (κ3) is 2.68. The van der Waals surface area contributed by atoms with Gasteiger partial charge in [0.2, 0.25) is 0 Å². The van der Waals surface area contributed by atoms with E-state index in [0.29, 0.717) is 6.61 Å². The summed E-state index contributed by atoms with van der Waals surface area (Å²) in [5, 5.41) is 0. The van der Waals surface area contributed by atoms with Crippen molar-refractivity contribution in [1.29, 1.82) is 0 Å². The first kappa shape index (κ1) is 12.5. The van der Waals surface area contributed by atoms with Crippen LogP contribution in [0.25, 0.3) is 0 Å². The maximum atomic E-state index is 5.73. The third-order valence-electron chi connectivity index (χ3n) is 3.37. The molecule has 1 aliphatic heterocycles. The quantitative estimate of drug-likeness (QED) is 0.753. The van der Waals surface area contributed by atoms with Gasteiger partial charge in [-0.05, 0) is 45.4 Å². The summed E-state index contributed by atoms with van der Waals surface area (Å²) in [6, 6.07) is 3.82. The van der Waals surface area contributed by atoms with Crippen LogP contribution >= 0.6 is 0 Å². The van der Waals surface area contributed by atoms with Gasteiger partial charge in [-0.15, -0.1) is 0 Å². The fourth-order valence-electron chi connectivity index (χ4n) is 1.50. The number of hydrogen-bond acceptors (Lipinski definition) is 4. The first-order valence-corrected chi connectivity index (χ1v) is 5.77. The number of nitrogens with zero attached hydrogens (tertiary/aromatic N) is 1. The highest BCUT2D eigenvalue weighted by Gasteiger charge is 2.52. The van der Waals surface area contributed by atoms with Crippen molar-refractivity contribution in [2.75, 3.05) is 0 Å². The lowest BCUT2D eigenvalue weighted by Gasteiger charge is -2.31. The van der Waals surface area contributed by atoms with E-state index >= 15 is 0 Å². The Morgan fingerprint density at radius 3 is 2.18 bits per heavy atom. The number of pyridine rings is 1. The molecule has 0 aromatic carbocycles. The second kappa shape index (κ2) is 4.40. The van der Waals surface area contributed by atoms with Crippen LogP contribution in [-0.4, -0.2) is 23.5 Å². The van der Waals surface area contributed by atoms with Crippen molar-refractivity contribution in [3.05, 3.63) is 30.1 Å². The summed E-state index contributed by atoms with van der Waals surface area (Å²) in [7, 11) is -0.604. The highest BCUT2D eigenvalue weighted by atomic mass is 16.8. The van der Waals surface area contributed by atoms with Gasteiger partial charge in [-0.3, -0.25) is 4.98 Å². The zero-order valence-corrected chi connectivity index (χ0v) is 10.8. The molecule has 0 atom stereocenters. The van der Waals surface area contributed by atoms with Crippen LogP contribution in [0.2, 0.25) is 0 Å². The van der Waals surface area contributed by atoms with E-state index < -0.39 is 7.32 Å². The van der Waals surface area contributed by atoms with Gasteiger partial charge < -0.3 is 14.0 Å². The van der Waals surface area contributed by atoms with Crippen LogP contribution in [0.15, 0.2) is 24.5 Å². The smallest absolute Gasteiger partial charge is 0.382 e. The van der Waals surface area contributed by atoms with Gasteiger partial charge in [0.15, 0.2) is 0 Å². The molecule has 0 N–H and O–H groups in total. The lowest BCUT2D eigenvalue weighted by molar-refractivity contribution is 0.00578. The molecule has 0 saturated carbocycles. The fraction of sp³-hybridized carbons (Fsp3) is 0.583. The molecule has 17 heavy (non-hydrogen) atoms. The van der Waals surface area contributed by atoms with Gasteiger partial charge in [-0.2, -0.15) is 0 Å². The predicted molar refractivity (Wildman–Crippen MR) is 65.1 cm³/mol. The minimum absolute atomic E-state index is 0.351. The molecule has 1 saturated heterocycles. The Labute approximate surface area is 102 Å². The molecule has 0 amide bonds. The van der Waals surface area contributed by atoms with Crippen LogP contribution in [0.3, 0.4) is 0 Å². The van der Waals surface area contributed by atoms with Gasteiger partial charge in [0, 0.05) is 12.4 Å². The Balaban J connectivity index is 1.91. The molecular formula is C12H18BNO3. The lowest BCUT2D eigenvalue weighted by atomic mass is 9.90. The second-order valence-electron chi connectivity index (χ2n) is 5.21. The number of hydrogen-bond donors (Lipinski definition) is 0. The molecule has 1 aromatic rings. The standard InChI is InChI=1S/C12H18BNO3/c1-11(2)12(3,4)17-13(16-11)15-9-10-5-7-14-8-6-10/h5-8H,9H2,1-4H3. The van der Waals surface area contributed by atoms with E-state index in [1.54, 1.807) is 12.4 Å². The Morgan fingerprint density at radius 1 is 1.12 bits per heavy atom. The highest BCUT2D eigenvalue weighted by Crippen LogP contribution is 2.36. The van der Waals surface area contributed by atoms with Crippen molar-refractivity contribution in [3.8, 4) is 0 Å². The lowest BCUT2D eigenvalue weighted by Crippen LogP contribution is -2.41. The highest BCUT2D eigenvalue weighted by molar-refractivity contribution is 6.37. The Morgan fingerprint density at radius 2 is 1.65 bits per heavy atom. The molecule has 0 radical (unpaired) electrons. The van der Waals surface area contributed by atoms with Gasteiger partial charge in [-0.1, -0.05) is 0 Å². The molecule has 1 aliphatic rings. The molecule has 1 fully saturated rings. The molecule has 0 unspecified atom stereocenters. The molecule has 0 aliphatic carbocycles. The maximum Gasteiger partial charge on any atom is 0.640 e. The summed E-state index contributed by atoms with van der Waals surface area (Å²) in [4.78, 5) is 3.95. The first-order chi connectivity index (χ1) is 7.91. The zero-order valence-electron chi connectivity index (χ0n) is 10.8. The van der Waals surface area contributed by atoms with E-state index in [-0.39, 0.29) is 11.2 Å². The molecule has 2 heterocycles. The van der Waals surface area contributed by atoms with Crippen molar-refractivity contribution in [3.63, 3.8) is 0 Å². The van der Waals surface area contributed by atoms with E-state index in [9.17, 15) is 0 Å². The predicted octanol–water partition coefficient (Wildman–Crippen LogP) is 2.19. The van der Waals surface area contributed by atoms with Crippen molar-refractivity contribution < 1.29 is 14.0 Å². The summed E-state index contributed by atoms with van der Waals surface area (Å²) in [5.41, 5.74) is 0.348. The largest absolute Gasteiger partial charge is 0.640 e. The minimum Gasteiger partial charge on any atom is -0.382 e. The van der Waals surface area contributed by atoms with Crippen LogP contribution in [0.5, 0.6) is 0 Å². The van der Waals surface area contributed by atoms with E-state index in [4.69, 9.17) is 14.0 Å². The topological polar surface area (TPSA) is 40.6 Å². The fourth-order valence-corrected chi connectivity index (χ4v) is 1.50. The second-order valence-corrected chi connectivity index (χ2v) is 5.21. The van der Waals surface area contributed by atoms with Gasteiger partial charge >= 0.3 is 7.32 Å². The first-order valence-electron chi connectivity index (χ1n) is 5.77.